The van der Waals surface area contributed by atoms with Gasteiger partial charge in [-0.05, 0) is 25.0 Å². The zero-order valence-corrected chi connectivity index (χ0v) is 8.49. The second-order valence-electron chi connectivity index (χ2n) is 3.11. The van der Waals surface area contributed by atoms with Crippen LogP contribution in [-0.2, 0) is 6.42 Å². The predicted octanol–water partition coefficient (Wildman–Crippen LogP) is 3.45. The summed E-state index contributed by atoms with van der Waals surface area (Å²) in [5, 5.41) is 0.945. The minimum atomic E-state index is 0.945. The van der Waals surface area contributed by atoms with Crippen molar-refractivity contribution in [3.05, 3.63) is 17.0 Å². The third kappa shape index (κ3) is 3.26. The number of unbranched alkanes of at least 4 members (excludes halogenated alkanes) is 3. The van der Waals surface area contributed by atoms with Crippen molar-refractivity contribution in [2.45, 2.75) is 39.0 Å². The Kier molecular flexibility index (Phi) is 4.15. The van der Waals surface area contributed by atoms with Gasteiger partial charge < -0.3 is 5.73 Å². The molecule has 2 heteroatoms. The summed E-state index contributed by atoms with van der Waals surface area (Å²) in [6, 6.07) is 4.14. The number of nitrogen functional groups attached to an aromatic ring is 1. The molecule has 0 atom stereocenters. The number of hydrogen-bond donors (Lipinski definition) is 1. The van der Waals surface area contributed by atoms with Crippen LogP contribution in [0.25, 0.3) is 0 Å². The van der Waals surface area contributed by atoms with Crippen molar-refractivity contribution in [2.24, 2.45) is 0 Å². The van der Waals surface area contributed by atoms with E-state index in [9.17, 15) is 0 Å². The number of rotatable bonds is 5. The lowest BCUT2D eigenvalue weighted by atomic mass is 10.1. The molecule has 68 valence electrons. The molecular formula is C10H17NS. The standard InChI is InChI=1S/C10H17NS/c1-2-3-4-5-6-9-7-8-10(11)12-9/h7-8H,2-6,11H2,1H3. The van der Waals surface area contributed by atoms with Gasteiger partial charge in [-0.3, -0.25) is 0 Å². The van der Waals surface area contributed by atoms with Crippen LogP contribution in [-0.4, -0.2) is 0 Å². The summed E-state index contributed by atoms with van der Waals surface area (Å²) in [5.74, 6) is 0. The third-order valence-electron chi connectivity index (χ3n) is 1.96. The maximum atomic E-state index is 5.63. The zero-order valence-electron chi connectivity index (χ0n) is 7.68. The lowest BCUT2D eigenvalue weighted by molar-refractivity contribution is 0.670. The van der Waals surface area contributed by atoms with Gasteiger partial charge in [0.05, 0.1) is 5.00 Å². The minimum Gasteiger partial charge on any atom is -0.391 e. The van der Waals surface area contributed by atoms with Crippen LogP contribution in [0.1, 0.15) is 37.5 Å². The van der Waals surface area contributed by atoms with E-state index in [1.807, 2.05) is 6.07 Å². The van der Waals surface area contributed by atoms with Gasteiger partial charge >= 0.3 is 0 Å². The van der Waals surface area contributed by atoms with E-state index in [-0.39, 0.29) is 0 Å². The Hall–Kier alpha value is -0.500. The molecule has 1 aromatic heterocycles. The van der Waals surface area contributed by atoms with E-state index in [1.165, 1.54) is 37.0 Å². The van der Waals surface area contributed by atoms with Crippen molar-refractivity contribution < 1.29 is 0 Å². The average Bonchev–Trinajstić information content (AvgIpc) is 2.45. The number of hydrogen-bond acceptors (Lipinski definition) is 2. The summed E-state index contributed by atoms with van der Waals surface area (Å²) in [5.41, 5.74) is 5.63. The first kappa shape index (κ1) is 9.59. The molecule has 0 saturated carbocycles. The summed E-state index contributed by atoms with van der Waals surface area (Å²) in [4.78, 5) is 1.43. The lowest BCUT2D eigenvalue weighted by Gasteiger charge is -1.96. The van der Waals surface area contributed by atoms with E-state index in [0.717, 1.165) is 5.00 Å². The summed E-state index contributed by atoms with van der Waals surface area (Å²) in [7, 11) is 0. The molecule has 0 aromatic carbocycles. The number of thiophene rings is 1. The Labute approximate surface area is 78.6 Å². The molecule has 1 aromatic rings. The van der Waals surface area contributed by atoms with Crippen molar-refractivity contribution in [3.8, 4) is 0 Å². The molecule has 1 rings (SSSR count). The Morgan fingerprint density at radius 3 is 2.67 bits per heavy atom. The maximum Gasteiger partial charge on any atom is 0.0859 e. The topological polar surface area (TPSA) is 26.0 Å². The second-order valence-corrected chi connectivity index (χ2v) is 4.31. The number of aryl methyl sites for hydroxylation is 1. The molecule has 1 nitrogen and oxygen atoms in total. The van der Waals surface area contributed by atoms with Crippen LogP contribution in [0.2, 0.25) is 0 Å². The summed E-state index contributed by atoms with van der Waals surface area (Å²) >= 11 is 1.72. The van der Waals surface area contributed by atoms with Gasteiger partial charge in [-0.2, -0.15) is 0 Å². The van der Waals surface area contributed by atoms with Crippen LogP contribution in [0.15, 0.2) is 12.1 Å². The third-order valence-corrected chi connectivity index (χ3v) is 2.93. The van der Waals surface area contributed by atoms with Gasteiger partial charge in [0.15, 0.2) is 0 Å². The highest BCUT2D eigenvalue weighted by Crippen LogP contribution is 2.20. The van der Waals surface area contributed by atoms with Gasteiger partial charge in [-0.15, -0.1) is 11.3 Å². The molecule has 12 heavy (non-hydrogen) atoms. The molecule has 0 aliphatic carbocycles. The SMILES string of the molecule is CCCCCCc1ccc(N)s1. The molecule has 0 amide bonds. The summed E-state index contributed by atoms with van der Waals surface area (Å²) in [6.07, 6.45) is 6.55. The molecular weight excluding hydrogens is 166 g/mol. The summed E-state index contributed by atoms with van der Waals surface area (Å²) in [6.45, 7) is 2.24. The maximum absolute atomic E-state index is 5.63. The molecule has 0 radical (unpaired) electrons. The normalized spacial score (nSPS) is 10.4. The van der Waals surface area contributed by atoms with E-state index in [4.69, 9.17) is 5.73 Å². The Morgan fingerprint density at radius 1 is 1.25 bits per heavy atom. The predicted molar refractivity (Wildman–Crippen MR) is 56.6 cm³/mol. The van der Waals surface area contributed by atoms with Crippen LogP contribution in [0, 0.1) is 0 Å². The van der Waals surface area contributed by atoms with E-state index >= 15 is 0 Å². The van der Waals surface area contributed by atoms with Crippen LogP contribution >= 0.6 is 11.3 Å². The average molecular weight is 183 g/mol. The van der Waals surface area contributed by atoms with E-state index < -0.39 is 0 Å². The largest absolute Gasteiger partial charge is 0.391 e. The molecule has 0 bridgehead atoms. The van der Waals surface area contributed by atoms with Gasteiger partial charge in [-0.1, -0.05) is 26.2 Å². The van der Waals surface area contributed by atoms with Gasteiger partial charge in [-0.25, -0.2) is 0 Å². The van der Waals surface area contributed by atoms with Crippen LogP contribution in [0.3, 0.4) is 0 Å². The van der Waals surface area contributed by atoms with Gasteiger partial charge in [0.25, 0.3) is 0 Å². The van der Waals surface area contributed by atoms with Crippen molar-refractivity contribution in [3.63, 3.8) is 0 Å². The first-order valence-electron chi connectivity index (χ1n) is 4.67. The Balaban J connectivity index is 2.15. The molecule has 0 saturated heterocycles. The highest BCUT2D eigenvalue weighted by atomic mass is 32.1. The van der Waals surface area contributed by atoms with Crippen LogP contribution in [0.4, 0.5) is 5.00 Å². The van der Waals surface area contributed by atoms with E-state index in [0.29, 0.717) is 0 Å². The minimum absolute atomic E-state index is 0.945. The van der Waals surface area contributed by atoms with Gasteiger partial charge in [0.2, 0.25) is 0 Å². The molecule has 2 N–H and O–H groups in total. The molecule has 1 heterocycles. The monoisotopic (exact) mass is 183 g/mol. The molecule has 0 spiro atoms. The highest BCUT2D eigenvalue weighted by molar-refractivity contribution is 7.15. The van der Waals surface area contributed by atoms with Gasteiger partial charge in [0, 0.05) is 4.88 Å². The quantitative estimate of drug-likeness (QED) is 0.695. The molecule has 0 unspecified atom stereocenters. The zero-order chi connectivity index (χ0) is 8.81. The Bertz CT molecular complexity index is 217. The first-order chi connectivity index (χ1) is 5.83. The lowest BCUT2D eigenvalue weighted by Crippen LogP contribution is -1.80. The molecule has 0 aliphatic rings. The fourth-order valence-electron chi connectivity index (χ4n) is 1.25. The van der Waals surface area contributed by atoms with E-state index in [1.54, 1.807) is 11.3 Å². The summed E-state index contributed by atoms with van der Waals surface area (Å²) < 4.78 is 0. The van der Waals surface area contributed by atoms with Crippen molar-refractivity contribution >= 4 is 16.3 Å². The Morgan fingerprint density at radius 2 is 2.08 bits per heavy atom. The van der Waals surface area contributed by atoms with E-state index in [2.05, 4.69) is 13.0 Å². The van der Waals surface area contributed by atoms with Crippen molar-refractivity contribution in [1.82, 2.24) is 0 Å². The molecule has 0 fully saturated rings. The highest BCUT2D eigenvalue weighted by Gasteiger charge is 1.96. The first-order valence-corrected chi connectivity index (χ1v) is 5.48. The smallest absolute Gasteiger partial charge is 0.0859 e. The molecule has 0 aliphatic heterocycles. The second kappa shape index (κ2) is 5.20. The van der Waals surface area contributed by atoms with Crippen LogP contribution < -0.4 is 5.73 Å². The number of nitrogens with two attached hydrogens (primary N) is 1. The van der Waals surface area contributed by atoms with Crippen LogP contribution in [0.5, 0.6) is 0 Å². The fourth-order valence-corrected chi connectivity index (χ4v) is 2.08. The number of anilines is 1. The van der Waals surface area contributed by atoms with Crippen molar-refractivity contribution in [2.75, 3.05) is 5.73 Å². The fraction of sp³-hybridized carbons (Fsp3) is 0.600. The van der Waals surface area contributed by atoms with Gasteiger partial charge in [0.1, 0.15) is 0 Å². The van der Waals surface area contributed by atoms with Crippen molar-refractivity contribution in [1.29, 1.82) is 0 Å².